The summed E-state index contributed by atoms with van der Waals surface area (Å²) in [6, 6.07) is 16.2. The van der Waals surface area contributed by atoms with Crippen LogP contribution in [0.5, 0.6) is 5.75 Å². The Morgan fingerprint density at radius 3 is 2.64 bits per heavy atom. The number of para-hydroxylation sites is 2. The number of piperidine rings is 1. The number of ether oxygens (including phenoxy) is 2. The molecule has 0 bridgehead atoms. The van der Waals surface area contributed by atoms with Crippen molar-refractivity contribution in [2.24, 2.45) is 13.0 Å². The summed E-state index contributed by atoms with van der Waals surface area (Å²) >= 11 is 0. The lowest BCUT2D eigenvalue weighted by molar-refractivity contribution is -0.151. The van der Waals surface area contributed by atoms with Crippen molar-refractivity contribution in [2.45, 2.75) is 32.1 Å². The molecule has 3 aromatic rings. The van der Waals surface area contributed by atoms with E-state index < -0.39 is 0 Å². The van der Waals surface area contributed by atoms with Crippen molar-refractivity contribution in [3.63, 3.8) is 0 Å². The number of hydrogen-bond acceptors (Lipinski definition) is 4. The molecule has 2 aromatic carbocycles. The zero-order chi connectivity index (χ0) is 23.4. The van der Waals surface area contributed by atoms with Gasteiger partial charge in [0.2, 0.25) is 5.91 Å². The molecule has 33 heavy (non-hydrogen) atoms. The first-order valence-corrected chi connectivity index (χ1v) is 11.6. The summed E-state index contributed by atoms with van der Waals surface area (Å²) in [5, 5.41) is 1.13. The standard InChI is InChI=1S/C27H32N2O4/c1-4-33-27(31)19-10-9-15-29(17-19)26(30)16-22(21-12-6-8-14-25(21)32-3)23-18-28(2)24-13-7-5-11-20(23)24/h5-8,11-14,18-19,22H,4,9-10,15-17H2,1-3H3. The Hall–Kier alpha value is -3.28. The van der Waals surface area contributed by atoms with Crippen LogP contribution in [0, 0.1) is 5.92 Å². The van der Waals surface area contributed by atoms with E-state index in [1.165, 1.54) is 0 Å². The molecule has 0 aliphatic carbocycles. The van der Waals surface area contributed by atoms with E-state index in [0.29, 0.717) is 26.1 Å². The molecule has 6 heteroatoms. The Bertz CT molecular complexity index is 1140. The fourth-order valence-electron chi connectivity index (χ4n) is 4.95. The summed E-state index contributed by atoms with van der Waals surface area (Å²) in [6.07, 6.45) is 4.00. The SMILES string of the molecule is CCOC(=O)C1CCCN(C(=O)CC(c2ccccc2OC)c2cn(C)c3ccccc23)C1. The Morgan fingerprint density at radius 2 is 1.85 bits per heavy atom. The van der Waals surface area contributed by atoms with Gasteiger partial charge in [-0.2, -0.15) is 0 Å². The van der Waals surface area contributed by atoms with Gasteiger partial charge in [-0.3, -0.25) is 9.59 Å². The maximum Gasteiger partial charge on any atom is 0.310 e. The number of aromatic nitrogens is 1. The second-order valence-electron chi connectivity index (χ2n) is 8.64. The number of methoxy groups -OCH3 is 1. The van der Waals surface area contributed by atoms with Crippen LogP contribution in [-0.2, 0) is 21.4 Å². The molecule has 1 aliphatic rings. The smallest absolute Gasteiger partial charge is 0.310 e. The largest absolute Gasteiger partial charge is 0.496 e. The van der Waals surface area contributed by atoms with E-state index >= 15 is 0 Å². The Kier molecular flexibility index (Phi) is 7.02. The van der Waals surface area contributed by atoms with Crippen molar-refractivity contribution in [3.05, 3.63) is 65.9 Å². The Balaban J connectivity index is 1.67. The molecular formula is C27H32N2O4. The summed E-state index contributed by atoms with van der Waals surface area (Å²) in [7, 11) is 3.69. The van der Waals surface area contributed by atoms with Crippen LogP contribution in [0.3, 0.4) is 0 Å². The maximum absolute atomic E-state index is 13.5. The molecule has 1 saturated heterocycles. The Labute approximate surface area is 195 Å². The van der Waals surface area contributed by atoms with E-state index in [-0.39, 0.29) is 23.7 Å². The molecule has 2 unspecified atom stereocenters. The second kappa shape index (κ2) is 10.1. The van der Waals surface area contributed by atoms with Gasteiger partial charge in [0.25, 0.3) is 0 Å². The lowest BCUT2D eigenvalue weighted by atomic mass is 9.86. The topological polar surface area (TPSA) is 60.8 Å². The van der Waals surface area contributed by atoms with Crippen molar-refractivity contribution in [2.75, 3.05) is 26.8 Å². The minimum Gasteiger partial charge on any atom is -0.496 e. The van der Waals surface area contributed by atoms with Gasteiger partial charge >= 0.3 is 5.97 Å². The van der Waals surface area contributed by atoms with Crippen molar-refractivity contribution < 1.29 is 19.1 Å². The molecule has 1 aliphatic heterocycles. The number of carbonyl (C=O) groups excluding carboxylic acids is 2. The van der Waals surface area contributed by atoms with Crippen LogP contribution in [0.2, 0.25) is 0 Å². The van der Waals surface area contributed by atoms with Crippen molar-refractivity contribution in [1.82, 2.24) is 9.47 Å². The molecule has 4 rings (SSSR count). The maximum atomic E-state index is 13.5. The molecule has 2 heterocycles. The van der Waals surface area contributed by atoms with Crippen LogP contribution >= 0.6 is 0 Å². The third kappa shape index (κ3) is 4.75. The molecule has 174 valence electrons. The predicted octanol–water partition coefficient (Wildman–Crippen LogP) is 4.51. The Morgan fingerprint density at radius 1 is 1.09 bits per heavy atom. The van der Waals surface area contributed by atoms with Gasteiger partial charge in [0.15, 0.2) is 0 Å². The van der Waals surface area contributed by atoms with E-state index in [4.69, 9.17) is 9.47 Å². The molecule has 2 atom stereocenters. The number of nitrogens with zero attached hydrogens (tertiary/aromatic N) is 2. The van der Waals surface area contributed by atoms with Crippen LogP contribution in [-0.4, -0.2) is 48.1 Å². The lowest BCUT2D eigenvalue weighted by Crippen LogP contribution is -2.43. The molecule has 0 N–H and O–H groups in total. The van der Waals surface area contributed by atoms with Crippen molar-refractivity contribution >= 4 is 22.8 Å². The first kappa shape index (κ1) is 22.9. The van der Waals surface area contributed by atoms with E-state index in [2.05, 4.69) is 22.9 Å². The van der Waals surface area contributed by atoms with Gasteiger partial charge in [-0.15, -0.1) is 0 Å². The summed E-state index contributed by atoms with van der Waals surface area (Å²) in [5.41, 5.74) is 3.22. The molecule has 0 spiro atoms. The number of aryl methyl sites for hydroxylation is 1. The third-order valence-corrected chi connectivity index (χ3v) is 6.59. The summed E-state index contributed by atoms with van der Waals surface area (Å²) in [5.74, 6) is 0.206. The van der Waals surface area contributed by atoms with Crippen molar-refractivity contribution in [3.8, 4) is 5.75 Å². The molecule has 1 fully saturated rings. The quantitative estimate of drug-likeness (QED) is 0.499. The van der Waals surface area contributed by atoms with Gasteiger partial charge in [0, 0.05) is 55.1 Å². The van der Waals surface area contributed by atoms with Gasteiger partial charge in [0.1, 0.15) is 5.75 Å². The van der Waals surface area contributed by atoms with E-state index in [9.17, 15) is 9.59 Å². The normalized spacial score (nSPS) is 17.1. The number of fused-ring (bicyclic) bond motifs is 1. The predicted molar refractivity (Wildman–Crippen MR) is 128 cm³/mol. The number of rotatable bonds is 7. The summed E-state index contributed by atoms with van der Waals surface area (Å²) in [4.78, 5) is 27.7. The van der Waals surface area contributed by atoms with Gasteiger partial charge < -0.3 is 18.9 Å². The molecule has 6 nitrogen and oxygen atoms in total. The fraction of sp³-hybridized carbons (Fsp3) is 0.407. The van der Waals surface area contributed by atoms with E-state index in [1.54, 1.807) is 7.11 Å². The lowest BCUT2D eigenvalue weighted by Gasteiger charge is -2.32. The number of likely N-dealkylation sites (tertiary alicyclic amines) is 1. The highest BCUT2D eigenvalue weighted by Gasteiger charge is 2.32. The number of esters is 1. The van der Waals surface area contributed by atoms with Gasteiger partial charge in [-0.05, 0) is 37.5 Å². The van der Waals surface area contributed by atoms with E-state index in [0.717, 1.165) is 40.6 Å². The summed E-state index contributed by atoms with van der Waals surface area (Å²) in [6.45, 7) is 3.26. The zero-order valence-electron chi connectivity index (χ0n) is 19.6. The molecular weight excluding hydrogens is 416 g/mol. The highest BCUT2D eigenvalue weighted by Crippen LogP contribution is 2.39. The highest BCUT2D eigenvalue weighted by atomic mass is 16.5. The first-order valence-electron chi connectivity index (χ1n) is 11.6. The number of carbonyl (C=O) groups is 2. The van der Waals surface area contributed by atoms with Crippen molar-refractivity contribution in [1.29, 1.82) is 0 Å². The number of amides is 1. The van der Waals surface area contributed by atoms with Gasteiger partial charge in [-0.1, -0.05) is 36.4 Å². The second-order valence-corrected chi connectivity index (χ2v) is 8.64. The van der Waals surface area contributed by atoms with Gasteiger partial charge in [0.05, 0.1) is 19.6 Å². The molecule has 1 amide bonds. The zero-order valence-corrected chi connectivity index (χ0v) is 19.6. The van der Waals surface area contributed by atoms with Crippen LogP contribution < -0.4 is 4.74 Å². The third-order valence-electron chi connectivity index (χ3n) is 6.59. The van der Waals surface area contributed by atoms with Crippen LogP contribution in [0.15, 0.2) is 54.7 Å². The molecule has 0 radical (unpaired) electrons. The molecule has 1 aromatic heterocycles. The minimum absolute atomic E-state index is 0.0489. The average Bonchev–Trinajstić information content (AvgIpc) is 3.19. The summed E-state index contributed by atoms with van der Waals surface area (Å²) < 4.78 is 13.0. The monoisotopic (exact) mass is 448 g/mol. The van der Waals surface area contributed by atoms with E-state index in [1.807, 2.05) is 55.3 Å². The highest BCUT2D eigenvalue weighted by molar-refractivity contribution is 5.87. The van der Waals surface area contributed by atoms with Crippen LogP contribution in [0.1, 0.15) is 43.2 Å². The number of benzene rings is 2. The first-order chi connectivity index (χ1) is 16.0. The number of hydrogen-bond donors (Lipinski definition) is 0. The minimum atomic E-state index is -0.245. The fourth-order valence-corrected chi connectivity index (χ4v) is 4.95. The van der Waals surface area contributed by atoms with Crippen LogP contribution in [0.4, 0.5) is 0 Å². The van der Waals surface area contributed by atoms with Gasteiger partial charge in [-0.25, -0.2) is 0 Å². The average molecular weight is 449 g/mol. The van der Waals surface area contributed by atoms with Crippen LogP contribution in [0.25, 0.3) is 10.9 Å². The molecule has 0 saturated carbocycles.